The van der Waals surface area contributed by atoms with Gasteiger partial charge in [-0.3, -0.25) is 0 Å². The van der Waals surface area contributed by atoms with Crippen LogP contribution in [0.5, 0.6) is 0 Å². The van der Waals surface area contributed by atoms with Gasteiger partial charge in [0, 0.05) is 37.1 Å². The first-order valence-electron chi connectivity index (χ1n) is 9.08. The number of carbonyl (C=O) groups is 1. The average molecular weight is 333 g/mol. The molecule has 2 rings (SSSR count). The quantitative estimate of drug-likeness (QED) is 0.864. The average Bonchev–Trinajstić information content (AvgIpc) is 2.81. The van der Waals surface area contributed by atoms with Gasteiger partial charge in [0.05, 0.1) is 6.10 Å². The third-order valence-electron chi connectivity index (χ3n) is 4.41. The number of carbonyl (C=O) groups excluding carboxylic acids is 1. The fourth-order valence-corrected chi connectivity index (χ4v) is 3.12. The molecule has 0 spiro atoms. The molecule has 1 aromatic carbocycles. The first-order chi connectivity index (χ1) is 11.5. The fourth-order valence-electron chi connectivity index (χ4n) is 3.12. The van der Waals surface area contributed by atoms with Gasteiger partial charge in [0.2, 0.25) is 0 Å². The van der Waals surface area contributed by atoms with Crippen molar-refractivity contribution in [1.29, 1.82) is 0 Å². The number of hydrogen-bond acceptors (Lipinski definition) is 3. The highest BCUT2D eigenvalue weighted by atomic mass is 16.3. The highest BCUT2D eigenvalue weighted by Crippen LogP contribution is 2.23. The number of rotatable bonds is 5. The van der Waals surface area contributed by atoms with Gasteiger partial charge < -0.3 is 20.2 Å². The van der Waals surface area contributed by atoms with Crippen LogP contribution in [-0.2, 0) is 0 Å². The van der Waals surface area contributed by atoms with Gasteiger partial charge >= 0.3 is 6.03 Å². The smallest absolute Gasteiger partial charge is 0.322 e. The molecular formula is C19H31N3O2. The summed E-state index contributed by atoms with van der Waals surface area (Å²) in [7, 11) is 0. The van der Waals surface area contributed by atoms with Crippen LogP contribution >= 0.6 is 0 Å². The lowest BCUT2D eigenvalue weighted by Gasteiger charge is -2.28. The van der Waals surface area contributed by atoms with E-state index in [2.05, 4.69) is 16.3 Å². The van der Waals surface area contributed by atoms with Crippen LogP contribution in [0.1, 0.15) is 46.5 Å². The molecule has 1 atom stereocenters. The van der Waals surface area contributed by atoms with Crippen molar-refractivity contribution in [2.45, 2.75) is 58.6 Å². The largest absolute Gasteiger partial charge is 0.392 e. The second kappa shape index (κ2) is 8.92. The fraction of sp³-hybridized carbons (Fsp3) is 0.632. The van der Waals surface area contributed by atoms with Gasteiger partial charge in [0.1, 0.15) is 0 Å². The molecule has 0 saturated carbocycles. The topological polar surface area (TPSA) is 55.8 Å². The second-order valence-corrected chi connectivity index (χ2v) is 6.98. The summed E-state index contributed by atoms with van der Waals surface area (Å²) in [6, 6.07) is 7.93. The Morgan fingerprint density at radius 2 is 1.88 bits per heavy atom. The molecule has 134 valence electrons. The van der Waals surface area contributed by atoms with E-state index < -0.39 is 6.10 Å². The summed E-state index contributed by atoms with van der Waals surface area (Å²) in [6.07, 6.45) is 4.52. The Bertz CT molecular complexity index is 523. The summed E-state index contributed by atoms with van der Waals surface area (Å²) in [4.78, 5) is 16.6. The van der Waals surface area contributed by atoms with E-state index in [0.29, 0.717) is 6.54 Å². The highest BCUT2D eigenvalue weighted by molar-refractivity contribution is 5.90. The number of aliphatic hydroxyl groups excluding tert-OH is 1. The molecule has 1 aromatic rings. The maximum absolute atomic E-state index is 12.5. The number of nitrogens with zero attached hydrogens (tertiary/aromatic N) is 2. The van der Waals surface area contributed by atoms with Crippen molar-refractivity contribution in [3.05, 3.63) is 24.3 Å². The van der Waals surface area contributed by atoms with E-state index in [4.69, 9.17) is 0 Å². The van der Waals surface area contributed by atoms with Gasteiger partial charge in [-0.15, -0.1) is 0 Å². The van der Waals surface area contributed by atoms with Crippen LogP contribution in [-0.4, -0.2) is 47.8 Å². The normalized spacial score (nSPS) is 16.6. The Kier molecular flexibility index (Phi) is 6.91. The SMILES string of the molecule is CC(O)CN(C(=O)Nc1cccc(N2CCCCCC2)c1)C(C)C. The molecule has 0 aromatic heterocycles. The van der Waals surface area contributed by atoms with E-state index >= 15 is 0 Å². The summed E-state index contributed by atoms with van der Waals surface area (Å²) in [5.74, 6) is 0. The van der Waals surface area contributed by atoms with Crippen molar-refractivity contribution < 1.29 is 9.90 Å². The standard InChI is InChI=1S/C19H31N3O2/c1-15(2)22(14-16(3)23)19(24)20-17-9-8-10-18(13-17)21-11-6-4-5-7-12-21/h8-10,13,15-16,23H,4-7,11-12,14H2,1-3H3,(H,20,24). The Labute approximate surface area is 145 Å². The molecule has 1 aliphatic heterocycles. The van der Waals surface area contributed by atoms with Crippen LogP contribution in [0.4, 0.5) is 16.2 Å². The molecule has 1 heterocycles. The minimum Gasteiger partial charge on any atom is -0.392 e. The maximum Gasteiger partial charge on any atom is 0.322 e. The summed E-state index contributed by atoms with van der Waals surface area (Å²) in [5, 5.41) is 12.6. The molecule has 1 fully saturated rings. The predicted octanol–water partition coefficient (Wildman–Crippen LogP) is 3.69. The lowest BCUT2D eigenvalue weighted by Crippen LogP contribution is -2.43. The number of benzene rings is 1. The summed E-state index contributed by atoms with van der Waals surface area (Å²) >= 11 is 0. The van der Waals surface area contributed by atoms with E-state index in [1.807, 2.05) is 32.0 Å². The molecule has 0 radical (unpaired) electrons. The maximum atomic E-state index is 12.5. The Morgan fingerprint density at radius 3 is 2.46 bits per heavy atom. The number of nitrogens with one attached hydrogen (secondary N) is 1. The van der Waals surface area contributed by atoms with Crippen molar-refractivity contribution in [1.82, 2.24) is 4.90 Å². The van der Waals surface area contributed by atoms with E-state index in [1.165, 1.54) is 31.4 Å². The predicted molar refractivity (Wildman–Crippen MR) is 99.7 cm³/mol. The van der Waals surface area contributed by atoms with Gasteiger partial charge in [0.25, 0.3) is 0 Å². The van der Waals surface area contributed by atoms with Crippen LogP contribution in [0.2, 0.25) is 0 Å². The third kappa shape index (κ3) is 5.41. The molecule has 1 unspecified atom stereocenters. The first kappa shape index (κ1) is 18.6. The third-order valence-corrected chi connectivity index (χ3v) is 4.41. The Balaban J connectivity index is 2.06. The molecule has 0 aliphatic carbocycles. The molecule has 2 amide bonds. The zero-order valence-electron chi connectivity index (χ0n) is 15.2. The van der Waals surface area contributed by atoms with Crippen LogP contribution < -0.4 is 10.2 Å². The summed E-state index contributed by atoms with van der Waals surface area (Å²) in [6.45, 7) is 8.10. The Hall–Kier alpha value is -1.75. The summed E-state index contributed by atoms with van der Waals surface area (Å²) < 4.78 is 0. The van der Waals surface area contributed by atoms with E-state index in [9.17, 15) is 9.90 Å². The highest BCUT2D eigenvalue weighted by Gasteiger charge is 2.19. The van der Waals surface area contributed by atoms with E-state index in [0.717, 1.165) is 18.8 Å². The number of hydrogen-bond donors (Lipinski definition) is 2. The first-order valence-corrected chi connectivity index (χ1v) is 9.08. The number of amides is 2. The summed E-state index contributed by atoms with van der Waals surface area (Å²) in [5.41, 5.74) is 1.97. The Morgan fingerprint density at radius 1 is 1.21 bits per heavy atom. The van der Waals surface area contributed by atoms with E-state index in [1.54, 1.807) is 11.8 Å². The molecule has 0 bridgehead atoms. The zero-order chi connectivity index (χ0) is 17.5. The van der Waals surface area contributed by atoms with Crippen molar-refractivity contribution >= 4 is 17.4 Å². The number of anilines is 2. The van der Waals surface area contributed by atoms with Crippen LogP contribution in [0.25, 0.3) is 0 Å². The van der Waals surface area contributed by atoms with Gasteiger partial charge in [-0.25, -0.2) is 4.79 Å². The molecule has 2 N–H and O–H groups in total. The second-order valence-electron chi connectivity index (χ2n) is 6.98. The molecular weight excluding hydrogens is 302 g/mol. The molecule has 1 saturated heterocycles. The zero-order valence-corrected chi connectivity index (χ0v) is 15.2. The molecule has 5 heteroatoms. The van der Waals surface area contributed by atoms with Gasteiger partial charge in [-0.2, -0.15) is 0 Å². The van der Waals surface area contributed by atoms with Crippen LogP contribution in [0.3, 0.4) is 0 Å². The number of urea groups is 1. The van der Waals surface area contributed by atoms with Gasteiger partial charge in [-0.05, 0) is 51.8 Å². The lowest BCUT2D eigenvalue weighted by atomic mass is 10.2. The molecule has 5 nitrogen and oxygen atoms in total. The van der Waals surface area contributed by atoms with Gasteiger partial charge in [0.15, 0.2) is 0 Å². The van der Waals surface area contributed by atoms with Crippen molar-refractivity contribution in [2.75, 3.05) is 29.9 Å². The van der Waals surface area contributed by atoms with Gasteiger partial charge in [-0.1, -0.05) is 18.9 Å². The minimum absolute atomic E-state index is 0.0355. The van der Waals surface area contributed by atoms with Crippen molar-refractivity contribution in [2.24, 2.45) is 0 Å². The monoisotopic (exact) mass is 333 g/mol. The van der Waals surface area contributed by atoms with Crippen molar-refractivity contribution in [3.63, 3.8) is 0 Å². The van der Waals surface area contributed by atoms with Crippen LogP contribution in [0, 0.1) is 0 Å². The number of aliphatic hydroxyl groups is 1. The van der Waals surface area contributed by atoms with Crippen molar-refractivity contribution in [3.8, 4) is 0 Å². The van der Waals surface area contributed by atoms with E-state index in [-0.39, 0.29) is 12.1 Å². The van der Waals surface area contributed by atoms with Crippen LogP contribution in [0.15, 0.2) is 24.3 Å². The molecule has 1 aliphatic rings. The lowest BCUT2D eigenvalue weighted by molar-refractivity contribution is 0.125. The minimum atomic E-state index is -0.540. The molecule has 24 heavy (non-hydrogen) atoms.